The van der Waals surface area contributed by atoms with Crippen LogP contribution in [0.2, 0.25) is 0 Å². The molecule has 3 aromatic carbocycles. The molecule has 0 fully saturated rings. The maximum absolute atomic E-state index is 12.9. The third-order valence-corrected chi connectivity index (χ3v) is 5.27. The van der Waals surface area contributed by atoms with E-state index in [1.165, 1.54) is 12.1 Å². The van der Waals surface area contributed by atoms with E-state index in [0.717, 1.165) is 15.3 Å². The summed E-state index contributed by atoms with van der Waals surface area (Å²) in [7, 11) is 0. The second-order valence-electron chi connectivity index (χ2n) is 7.72. The zero-order chi connectivity index (χ0) is 23.7. The van der Waals surface area contributed by atoms with Gasteiger partial charge in [-0.05, 0) is 42.0 Å². The number of anilines is 1. The molecule has 0 saturated heterocycles. The lowest BCUT2D eigenvalue weighted by Crippen LogP contribution is -2.15. The number of aryl methyl sites for hydroxylation is 1. The number of amides is 1. The summed E-state index contributed by atoms with van der Waals surface area (Å²) in [5.41, 5.74) is 1.50. The van der Waals surface area contributed by atoms with Gasteiger partial charge in [-0.15, -0.1) is 4.57 Å². The molecule has 0 aliphatic carbocycles. The Morgan fingerprint density at radius 2 is 1.79 bits per heavy atom. The monoisotopic (exact) mass is 453 g/mol. The summed E-state index contributed by atoms with van der Waals surface area (Å²) in [5.74, 6) is -0.344. The fourth-order valence-corrected chi connectivity index (χ4v) is 3.72. The molecule has 34 heavy (non-hydrogen) atoms. The molecule has 1 amide bonds. The second kappa shape index (κ2) is 8.67. The maximum Gasteiger partial charge on any atom is 0.338 e. The van der Waals surface area contributed by atoms with Crippen molar-refractivity contribution in [2.45, 2.75) is 13.5 Å². The molecule has 5 aromatic rings. The molecular formula is C26H19N3O5. The van der Waals surface area contributed by atoms with Crippen LogP contribution in [0.4, 0.5) is 5.69 Å². The summed E-state index contributed by atoms with van der Waals surface area (Å²) in [5, 5.41) is 4.64. The van der Waals surface area contributed by atoms with E-state index in [0.29, 0.717) is 28.4 Å². The van der Waals surface area contributed by atoms with E-state index in [4.69, 9.17) is 9.26 Å². The molecule has 0 spiro atoms. The van der Waals surface area contributed by atoms with E-state index in [1.807, 2.05) is 36.4 Å². The average molecular weight is 453 g/mol. The number of fused-ring (bicyclic) bond motifs is 2. The second-order valence-corrected chi connectivity index (χ2v) is 7.72. The van der Waals surface area contributed by atoms with Crippen molar-refractivity contribution in [1.29, 1.82) is 0 Å². The van der Waals surface area contributed by atoms with E-state index in [2.05, 4.69) is 10.3 Å². The predicted octanol–water partition coefficient (Wildman–Crippen LogP) is 4.36. The van der Waals surface area contributed by atoms with Crippen LogP contribution in [0.1, 0.15) is 32.2 Å². The number of benzene rings is 3. The average Bonchev–Trinajstić information content (AvgIpc) is 3.23. The lowest BCUT2D eigenvalue weighted by Gasteiger charge is -2.10. The summed E-state index contributed by atoms with van der Waals surface area (Å²) in [4.78, 5) is 41.9. The van der Waals surface area contributed by atoms with Crippen LogP contribution in [0.3, 0.4) is 0 Å². The highest BCUT2D eigenvalue weighted by Crippen LogP contribution is 2.20. The number of esters is 1. The summed E-state index contributed by atoms with van der Waals surface area (Å²) < 4.78 is 11.7. The van der Waals surface area contributed by atoms with Gasteiger partial charge in [-0.1, -0.05) is 42.5 Å². The van der Waals surface area contributed by atoms with Crippen molar-refractivity contribution in [3.05, 3.63) is 112 Å². The molecule has 2 heterocycles. The molecule has 5 rings (SSSR count). The highest BCUT2D eigenvalue weighted by Gasteiger charge is 2.14. The van der Waals surface area contributed by atoms with Crippen LogP contribution in [0.25, 0.3) is 16.4 Å². The van der Waals surface area contributed by atoms with Gasteiger partial charge < -0.3 is 14.6 Å². The van der Waals surface area contributed by atoms with Crippen LogP contribution in [0.5, 0.6) is 0 Å². The molecule has 0 bridgehead atoms. The molecule has 8 nitrogen and oxygen atoms in total. The van der Waals surface area contributed by atoms with Gasteiger partial charge in [0.05, 0.1) is 11.3 Å². The van der Waals surface area contributed by atoms with Crippen molar-refractivity contribution in [2.24, 2.45) is 0 Å². The molecule has 1 N–H and O–H groups in total. The quantitative estimate of drug-likeness (QED) is 0.397. The predicted molar refractivity (Wildman–Crippen MR) is 126 cm³/mol. The van der Waals surface area contributed by atoms with E-state index in [1.54, 1.807) is 37.3 Å². The number of nitrogens with one attached hydrogen (secondary N) is 1. The fraction of sp³-hybridized carbons (Fsp3) is 0.0769. The normalized spacial score (nSPS) is 11.0. The van der Waals surface area contributed by atoms with Gasteiger partial charge in [0.25, 0.3) is 11.5 Å². The van der Waals surface area contributed by atoms with Crippen LogP contribution in [-0.4, -0.2) is 21.4 Å². The Hall–Kier alpha value is -4.72. The lowest BCUT2D eigenvalue weighted by atomic mass is 10.0. The van der Waals surface area contributed by atoms with Crippen molar-refractivity contribution in [3.63, 3.8) is 0 Å². The largest absolute Gasteiger partial charge is 0.456 e. The Bertz CT molecular complexity index is 1610. The van der Waals surface area contributed by atoms with Crippen molar-refractivity contribution in [2.75, 3.05) is 5.32 Å². The van der Waals surface area contributed by atoms with Crippen LogP contribution >= 0.6 is 0 Å². The highest BCUT2D eigenvalue weighted by molar-refractivity contribution is 6.13. The van der Waals surface area contributed by atoms with Gasteiger partial charge >= 0.3 is 5.97 Å². The van der Waals surface area contributed by atoms with Gasteiger partial charge in [0.2, 0.25) is 0 Å². The Morgan fingerprint density at radius 3 is 2.68 bits per heavy atom. The summed E-state index contributed by atoms with van der Waals surface area (Å²) in [6, 6.07) is 22.5. The molecule has 0 atom stereocenters. The van der Waals surface area contributed by atoms with Crippen molar-refractivity contribution in [3.8, 4) is 0 Å². The smallest absolute Gasteiger partial charge is 0.338 e. The van der Waals surface area contributed by atoms with E-state index in [9.17, 15) is 14.4 Å². The Morgan fingerprint density at radius 1 is 1.00 bits per heavy atom. The van der Waals surface area contributed by atoms with Crippen LogP contribution in [0.15, 0.2) is 88.2 Å². The summed E-state index contributed by atoms with van der Waals surface area (Å²) >= 11 is 0. The molecule has 168 valence electrons. The SMILES string of the molecule is Cc1cc2nc(COC(=O)c3cccc(NC(=O)c4cccc5ccccc45)c3)cc(=O)n2o1. The van der Waals surface area contributed by atoms with E-state index >= 15 is 0 Å². The minimum atomic E-state index is -0.605. The molecule has 0 aliphatic rings. The Labute approximate surface area is 193 Å². The molecular weight excluding hydrogens is 434 g/mol. The van der Waals surface area contributed by atoms with Crippen LogP contribution in [0, 0.1) is 6.92 Å². The van der Waals surface area contributed by atoms with Crippen LogP contribution in [-0.2, 0) is 11.3 Å². The van der Waals surface area contributed by atoms with Gasteiger partial charge in [0, 0.05) is 23.4 Å². The van der Waals surface area contributed by atoms with E-state index < -0.39 is 11.5 Å². The number of carbonyl (C=O) groups is 2. The highest BCUT2D eigenvalue weighted by atomic mass is 16.5. The third kappa shape index (κ3) is 4.16. The Kier molecular flexibility index (Phi) is 5.39. The van der Waals surface area contributed by atoms with Crippen molar-refractivity contribution < 1.29 is 18.8 Å². The fourth-order valence-electron chi connectivity index (χ4n) is 3.72. The molecule has 8 heteroatoms. The number of carbonyl (C=O) groups excluding carboxylic acids is 2. The summed E-state index contributed by atoms with van der Waals surface area (Å²) in [6.07, 6.45) is 0. The van der Waals surface area contributed by atoms with Gasteiger partial charge in [-0.2, -0.15) is 0 Å². The third-order valence-electron chi connectivity index (χ3n) is 5.27. The first-order valence-corrected chi connectivity index (χ1v) is 10.5. The molecule has 0 radical (unpaired) electrons. The van der Waals surface area contributed by atoms with Gasteiger partial charge in [-0.3, -0.25) is 9.59 Å². The Balaban J connectivity index is 1.30. The first kappa shape index (κ1) is 21.1. The molecule has 0 aliphatic heterocycles. The minimum Gasteiger partial charge on any atom is -0.456 e. The topological polar surface area (TPSA) is 103 Å². The number of hydrogen-bond donors (Lipinski definition) is 1. The van der Waals surface area contributed by atoms with Crippen molar-refractivity contribution in [1.82, 2.24) is 9.56 Å². The van der Waals surface area contributed by atoms with Gasteiger partial charge in [0.15, 0.2) is 5.65 Å². The number of ether oxygens (including phenoxy) is 1. The molecule has 0 saturated carbocycles. The standard InChI is InChI=1S/C26H19N3O5/c1-16-12-23-27-20(14-24(30)29(23)34-16)15-33-26(32)18-8-4-9-19(13-18)28-25(31)22-11-5-7-17-6-2-3-10-21(17)22/h2-14H,15H2,1H3,(H,28,31). The number of aromatic nitrogens is 2. The minimum absolute atomic E-state index is 0.179. The molecule has 0 unspecified atom stereocenters. The van der Waals surface area contributed by atoms with Gasteiger partial charge in [0.1, 0.15) is 12.4 Å². The maximum atomic E-state index is 12.9. The van der Waals surface area contributed by atoms with E-state index in [-0.39, 0.29) is 18.1 Å². The van der Waals surface area contributed by atoms with Gasteiger partial charge in [-0.25, -0.2) is 9.78 Å². The zero-order valence-corrected chi connectivity index (χ0v) is 18.1. The number of hydrogen-bond acceptors (Lipinski definition) is 6. The lowest BCUT2D eigenvalue weighted by molar-refractivity contribution is 0.0467. The number of nitrogens with zero attached hydrogens (tertiary/aromatic N) is 2. The zero-order valence-electron chi connectivity index (χ0n) is 18.1. The van der Waals surface area contributed by atoms with Crippen molar-refractivity contribution >= 4 is 34.0 Å². The first-order chi connectivity index (χ1) is 16.5. The first-order valence-electron chi connectivity index (χ1n) is 10.5. The number of rotatable bonds is 5. The molecule has 2 aromatic heterocycles. The van der Waals surface area contributed by atoms with Crippen LogP contribution < -0.4 is 10.9 Å². The summed E-state index contributed by atoms with van der Waals surface area (Å²) in [6.45, 7) is 1.53.